The zero-order valence-corrected chi connectivity index (χ0v) is 11.8. The number of hydrogen-bond donors (Lipinski definition) is 1. The van der Waals surface area contributed by atoms with Gasteiger partial charge in [0.25, 0.3) is 0 Å². The Bertz CT molecular complexity index is 487. The number of para-hydroxylation sites is 1. The summed E-state index contributed by atoms with van der Waals surface area (Å²) in [4.78, 5) is 6.56. The van der Waals surface area contributed by atoms with E-state index in [4.69, 9.17) is 9.84 Å². The Balaban J connectivity index is 1.84. The van der Waals surface area contributed by atoms with Crippen molar-refractivity contribution in [1.29, 1.82) is 0 Å². The van der Waals surface area contributed by atoms with Crippen LogP contribution in [0, 0.1) is 0 Å². The zero-order valence-electron chi connectivity index (χ0n) is 11.0. The predicted molar refractivity (Wildman–Crippen MR) is 76.3 cm³/mol. The van der Waals surface area contributed by atoms with Gasteiger partial charge in [-0.1, -0.05) is 18.2 Å². The molecule has 0 spiro atoms. The molecule has 2 aromatic rings. The van der Waals surface area contributed by atoms with Gasteiger partial charge in [0.1, 0.15) is 17.4 Å². The highest BCUT2D eigenvalue weighted by Gasteiger charge is 2.05. The number of ether oxygens (including phenoxy) is 1. The molecule has 0 atom stereocenters. The van der Waals surface area contributed by atoms with Crippen molar-refractivity contribution in [3.05, 3.63) is 46.4 Å². The summed E-state index contributed by atoms with van der Waals surface area (Å²) in [7, 11) is 1.97. The van der Waals surface area contributed by atoms with Crippen molar-refractivity contribution in [1.82, 2.24) is 9.88 Å². The van der Waals surface area contributed by atoms with Gasteiger partial charge in [0.15, 0.2) is 0 Å². The molecule has 0 unspecified atom stereocenters. The molecule has 19 heavy (non-hydrogen) atoms. The fourth-order valence-electron chi connectivity index (χ4n) is 1.68. The second-order valence-electron chi connectivity index (χ2n) is 4.30. The average molecular weight is 278 g/mol. The van der Waals surface area contributed by atoms with Gasteiger partial charge in [-0.3, -0.25) is 4.90 Å². The summed E-state index contributed by atoms with van der Waals surface area (Å²) in [5.41, 5.74) is 1.02. The standard InChI is InChI=1S/C14H18N2O2S/c1-16(7-8-17)9-12-11-19-14(15-12)10-18-13-5-3-2-4-6-13/h2-6,11,17H,7-10H2,1H3. The topological polar surface area (TPSA) is 45.6 Å². The lowest BCUT2D eigenvalue weighted by Gasteiger charge is -2.12. The van der Waals surface area contributed by atoms with Gasteiger partial charge >= 0.3 is 0 Å². The first-order chi connectivity index (χ1) is 9.28. The molecule has 0 bridgehead atoms. The number of aliphatic hydroxyl groups is 1. The van der Waals surface area contributed by atoms with Gasteiger partial charge < -0.3 is 9.84 Å². The normalized spacial score (nSPS) is 10.9. The molecule has 0 saturated heterocycles. The highest BCUT2D eigenvalue weighted by molar-refractivity contribution is 7.09. The van der Waals surface area contributed by atoms with Gasteiger partial charge in [-0.25, -0.2) is 4.98 Å². The van der Waals surface area contributed by atoms with Crippen LogP contribution in [0.2, 0.25) is 0 Å². The molecule has 0 aliphatic heterocycles. The predicted octanol–water partition coefficient (Wildman–Crippen LogP) is 2.15. The van der Waals surface area contributed by atoms with Crippen molar-refractivity contribution in [2.45, 2.75) is 13.2 Å². The summed E-state index contributed by atoms with van der Waals surface area (Å²) in [5.74, 6) is 0.858. The van der Waals surface area contributed by atoms with Gasteiger partial charge in [0.2, 0.25) is 0 Å². The third-order valence-corrected chi connectivity index (χ3v) is 3.49. The van der Waals surface area contributed by atoms with Crippen LogP contribution >= 0.6 is 11.3 Å². The first-order valence-corrected chi connectivity index (χ1v) is 7.06. The van der Waals surface area contributed by atoms with Gasteiger partial charge in [-0.05, 0) is 19.2 Å². The number of aliphatic hydroxyl groups excluding tert-OH is 1. The van der Waals surface area contributed by atoms with Crippen LogP contribution in [0.5, 0.6) is 5.75 Å². The Hall–Kier alpha value is -1.43. The van der Waals surface area contributed by atoms with Crippen molar-refractivity contribution < 1.29 is 9.84 Å². The van der Waals surface area contributed by atoms with Gasteiger partial charge in [0, 0.05) is 18.5 Å². The van der Waals surface area contributed by atoms with Crippen molar-refractivity contribution in [3.63, 3.8) is 0 Å². The van der Waals surface area contributed by atoms with Crippen LogP contribution in [0.4, 0.5) is 0 Å². The van der Waals surface area contributed by atoms with E-state index < -0.39 is 0 Å². The SMILES string of the molecule is CN(CCO)Cc1csc(COc2ccccc2)n1. The zero-order chi connectivity index (χ0) is 13.5. The van der Waals surface area contributed by atoms with E-state index in [1.54, 1.807) is 11.3 Å². The number of benzene rings is 1. The van der Waals surface area contributed by atoms with Crippen LogP contribution in [0.3, 0.4) is 0 Å². The molecule has 4 nitrogen and oxygen atoms in total. The molecular weight excluding hydrogens is 260 g/mol. The van der Waals surface area contributed by atoms with Crippen molar-refractivity contribution in [2.24, 2.45) is 0 Å². The van der Waals surface area contributed by atoms with Gasteiger partial charge in [-0.15, -0.1) is 11.3 Å². The number of nitrogens with zero attached hydrogens (tertiary/aromatic N) is 2. The number of rotatable bonds is 7. The smallest absolute Gasteiger partial charge is 0.140 e. The van der Waals surface area contributed by atoms with Gasteiger partial charge in [-0.2, -0.15) is 0 Å². The summed E-state index contributed by atoms with van der Waals surface area (Å²) in [6.45, 7) is 2.08. The van der Waals surface area contributed by atoms with E-state index in [0.29, 0.717) is 13.2 Å². The van der Waals surface area contributed by atoms with Gasteiger partial charge in [0.05, 0.1) is 12.3 Å². The van der Waals surface area contributed by atoms with Crippen LogP contribution < -0.4 is 4.74 Å². The van der Waals surface area contributed by atoms with E-state index >= 15 is 0 Å². The molecular formula is C14H18N2O2S. The van der Waals surface area contributed by atoms with E-state index in [0.717, 1.165) is 23.0 Å². The van der Waals surface area contributed by atoms with Crippen LogP contribution in [0.15, 0.2) is 35.7 Å². The Morgan fingerprint density at radius 1 is 1.32 bits per heavy atom. The maximum Gasteiger partial charge on any atom is 0.140 e. The minimum Gasteiger partial charge on any atom is -0.486 e. The second-order valence-corrected chi connectivity index (χ2v) is 5.24. The number of thiazole rings is 1. The quantitative estimate of drug-likeness (QED) is 0.843. The molecule has 102 valence electrons. The molecule has 0 radical (unpaired) electrons. The molecule has 1 heterocycles. The summed E-state index contributed by atoms with van der Waals surface area (Å²) >= 11 is 1.60. The Morgan fingerprint density at radius 2 is 2.11 bits per heavy atom. The molecule has 2 rings (SSSR count). The monoisotopic (exact) mass is 278 g/mol. The summed E-state index contributed by atoms with van der Waals surface area (Å²) in [6.07, 6.45) is 0. The van der Waals surface area contributed by atoms with Crippen molar-refractivity contribution >= 4 is 11.3 Å². The highest BCUT2D eigenvalue weighted by atomic mass is 32.1. The maximum absolute atomic E-state index is 8.85. The summed E-state index contributed by atoms with van der Waals surface area (Å²) < 4.78 is 5.65. The summed E-state index contributed by atoms with van der Waals surface area (Å²) in [6, 6.07) is 9.73. The lowest BCUT2D eigenvalue weighted by Crippen LogP contribution is -2.21. The maximum atomic E-state index is 8.85. The lowest BCUT2D eigenvalue weighted by molar-refractivity contribution is 0.216. The Labute approximate surface area is 117 Å². The molecule has 5 heteroatoms. The minimum absolute atomic E-state index is 0.171. The molecule has 0 aliphatic rings. The largest absolute Gasteiger partial charge is 0.486 e. The minimum atomic E-state index is 0.171. The molecule has 0 saturated carbocycles. The van der Waals surface area contributed by atoms with E-state index in [2.05, 4.69) is 4.98 Å². The van der Waals surface area contributed by atoms with E-state index in [-0.39, 0.29) is 6.61 Å². The first-order valence-electron chi connectivity index (χ1n) is 6.18. The highest BCUT2D eigenvalue weighted by Crippen LogP contribution is 2.15. The Kier molecular flexibility index (Phi) is 5.32. The number of aromatic nitrogens is 1. The molecule has 0 aliphatic carbocycles. The second kappa shape index (κ2) is 7.23. The fourth-order valence-corrected chi connectivity index (χ4v) is 2.37. The number of likely N-dealkylation sites (N-methyl/N-ethyl adjacent to an activating group) is 1. The fraction of sp³-hybridized carbons (Fsp3) is 0.357. The average Bonchev–Trinajstić information content (AvgIpc) is 2.85. The van der Waals surface area contributed by atoms with Crippen LogP contribution in [0.25, 0.3) is 0 Å². The molecule has 1 aromatic heterocycles. The third-order valence-electron chi connectivity index (χ3n) is 2.62. The molecule has 1 N–H and O–H groups in total. The van der Waals surface area contributed by atoms with Crippen molar-refractivity contribution in [2.75, 3.05) is 20.2 Å². The third kappa shape index (κ3) is 4.63. The van der Waals surface area contributed by atoms with Crippen LogP contribution in [0.1, 0.15) is 10.7 Å². The van der Waals surface area contributed by atoms with E-state index in [9.17, 15) is 0 Å². The van der Waals surface area contributed by atoms with E-state index in [1.807, 2.05) is 47.7 Å². The molecule has 0 amide bonds. The Morgan fingerprint density at radius 3 is 2.84 bits per heavy atom. The number of hydrogen-bond acceptors (Lipinski definition) is 5. The van der Waals surface area contributed by atoms with Crippen molar-refractivity contribution in [3.8, 4) is 5.75 Å². The first kappa shape index (κ1) is 14.0. The molecule has 1 aromatic carbocycles. The van der Waals surface area contributed by atoms with Crippen LogP contribution in [-0.2, 0) is 13.2 Å². The van der Waals surface area contributed by atoms with Crippen LogP contribution in [-0.4, -0.2) is 35.2 Å². The van der Waals surface area contributed by atoms with E-state index in [1.165, 1.54) is 0 Å². The molecule has 0 fully saturated rings. The summed E-state index contributed by atoms with van der Waals surface area (Å²) in [5, 5.41) is 11.9. The lowest BCUT2D eigenvalue weighted by atomic mass is 10.3.